The highest BCUT2D eigenvalue weighted by Gasteiger charge is 2.14. The fourth-order valence-corrected chi connectivity index (χ4v) is 1.12. The number of carbonyl (C=O) groups is 1. The van der Waals surface area contributed by atoms with Crippen LogP contribution in [0, 0.1) is 0 Å². The van der Waals surface area contributed by atoms with E-state index in [0.29, 0.717) is 19.4 Å². The van der Waals surface area contributed by atoms with Gasteiger partial charge >= 0.3 is 0 Å². The highest BCUT2D eigenvalue weighted by Crippen LogP contribution is 1.99. The number of primary amides is 1. The van der Waals surface area contributed by atoms with Crippen molar-refractivity contribution in [1.82, 2.24) is 5.32 Å². The van der Waals surface area contributed by atoms with Crippen LogP contribution < -0.4 is 11.1 Å². The monoisotopic (exact) mass is 199 g/mol. The van der Waals surface area contributed by atoms with Gasteiger partial charge in [0.25, 0.3) is 0 Å². The largest absolute Gasteiger partial charge is 0.368 e. The lowest BCUT2D eigenvalue weighted by atomic mass is 10.1. The Morgan fingerprint density at radius 2 is 2.29 bits per heavy atom. The second-order valence-corrected chi connectivity index (χ2v) is 3.37. The summed E-state index contributed by atoms with van der Waals surface area (Å²) < 4.78 is 0. The number of nitrogens with two attached hydrogens (primary N) is 1. The number of amides is 1. The minimum Gasteiger partial charge on any atom is -0.368 e. The third kappa shape index (κ3) is 6.28. The van der Waals surface area contributed by atoms with E-state index in [4.69, 9.17) is 11.3 Å². The lowest BCUT2D eigenvalue weighted by Crippen LogP contribution is -2.44. The zero-order valence-electron chi connectivity index (χ0n) is 8.60. The summed E-state index contributed by atoms with van der Waals surface area (Å²) in [6, 6.07) is -0.115. The summed E-state index contributed by atoms with van der Waals surface area (Å²) in [7, 11) is 0. The van der Waals surface area contributed by atoms with Crippen molar-refractivity contribution < 1.29 is 4.79 Å². The third-order valence-corrected chi connectivity index (χ3v) is 1.69. The molecule has 0 radical (unpaired) electrons. The molecule has 0 heterocycles. The molecule has 0 fully saturated rings. The van der Waals surface area contributed by atoms with Gasteiger partial charge in [-0.3, -0.25) is 4.79 Å². The molecule has 0 saturated carbocycles. The van der Waals surface area contributed by atoms with Crippen LogP contribution in [0.5, 0.6) is 0 Å². The van der Waals surface area contributed by atoms with Gasteiger partial charge in [0.05, 0.1) is 6.04 Å². The van der Waals surface area contributed by atoms with Gasteiger partial charge in [-0.15, -0.1) is 0 Å². The Bertz CT molecular complexity index is 222. The number of hydrogen-bond acceptors (Lipinski definition) is 3. The zero-order chi connectivity index (χ0) is 11.0. The molecule has 1 unspecified atom stereocenters. The van der Waals surface area contributed by atoms with Crippen LogP contribution in [0.2, 0.25) is 0 Å². The van der Waals surface area contributed by atoms with E-state index in [9.17, 15) is 4.79 Å². The molecule has 0 bridgehead atoms. The summed E-state index contributed by atoms with van der Waals surface area (Å²) in [6.45, 7) is 4.30. The maximum atomic E-state index is 11.0. The Morgan fingerprint density at radius 1 is 1.64 bits per heavy atom. The van der Waals surface area contributed by atoms with Crippen LogP contribution in [-0.4, -0.2) is 24.5 Å². The van der Waals surface area contributed by atoms with Gasteiger partial charge in [-0.2, -0.15) is 0 Å². The quantitative estimate of drug-likeness (QED) is 0.275. The summed E-state index contributed by atoms with van der Waals surface area (Å²) in [5.41, 5.74) is 13.2. The maximum absolute atomic E-state index is 11.0. The molecule has 0 saturated heterocycles. The van der Waals surface area contributed by atoms with Crippen molar-refractivity contribution in [3.63, 3.8) is 0 Å². The molecule has 0 aromatic rings. The van der Waals surface area contributed by atoms with Crippen LogP contribution in [0.15, 0.2) is 5.11 Å². The Kier molecular flexibility index (Phi) is 6.53. The number of hydrogen-bond donors (Lipinski definition) is 2. The van der Waals surface area contributed by atoms with E-state index in [0.717, 1.165) is 0 Å². The van der Waals surface area contributed by atoms with Gasteiger partial charge in [0.15, 0.2) is 0 Å². The summed E-state index contributed by atoms with van der Waals surface area (Å²) in [6.07, 6.45) is 1.27. The maximum Gasteiger partial charge on any atom is 0.234 e. The van der Waals surface area contributed by atoms with Crippen molar-refractivity contribution in [1.29, 1.82) is 0 Å². The van der Waals surface area contributed by atoms with Crippen LogP contribution >= 0.6 is 0 Å². The molecule has 0 aliphatic rings. The van der Waals surface area contributed by atoms with Gasteiger partial charge < -0.3 is 11.1 Å². The van der Waals surface area contributed by atoms with Crippen LogP contribution in [0.3, 0.4) is 0 Å². The molecule has 6 heteroatoms. The van der Waals surface area contributed by atoms with E-state index >= 15 is 0 Å². The van der Waals surface area contributed by atoms with Crippen LogP contribution in [0.25, 0.3) is 10.4 Å². The normalized spacial score (nSPS) is 12.2. The standard InChI is InChI=1S/C8H17N5O/c1-6(2)12-7(8(9)14)4-3-5-11-13-10/h6-7,12H,3-5H2,1-2H3,(H2,9,14). The van der Waals surface area contributed by atoms with Crippen LogP contribution in [0.4, 0.5) is 0 Å². The molecular formula is C8H17N5O. The van der Waals surface area contributed by atoms with Gasteiger partial charge in [0.2, 0.25) is 5.91 Å². The first-order chi connectivity index (χ1) is 6.57. The van der Waals surface area contributed by atoms with Crippen molar-refractivity contribution in [2.24, 2.45) is 10.8 Å². The van der Waals surface area contributed by atoms with E-state index < -0.39 is 0 Å². The van der Waals surface area contributed by atoms with Gasteiger partial charge in [0.1, 0.15) is 0 Å². The number of carbonyl (C=O) groups excluding carboxylic acids is 1. The van der Waals surface area contributed by atoms with E-state index in [1.165, 1.54) is 0 Å². The first-order valence-electron chi connectivity index (χ1n) is 4.64. The molecule has 1 amide bonds. The number of nitrogens with one attached hydrogen (secondary N) is 1. The van der Waals surface area contributed by atoms with E-state index in [1.54, 1.807) is 0 Å². The number of azide groups is 1. The molecular weight excluding hydrogens is 182 g/mol. The van der Waals surface area contributed by atoms with Crippen molar-refractivity contribution >= 4 is 5.91 Å². The fourth-order valence-electron chi connectivity index (χ4n) is 1.12. The first kappa shape index (κ1) is 12.7. The Labute approximate surface area is 83.5 Å². The third-order valence-electron chi connectivity index (χ3n) is 1.69. The smallest absolute Gasteiger partial charge is 0.234 e. The number of nitrogens with zero attached hydrogens (tertiary/aromatic N) is 3. The predicted octanol–water partition coefficient (Wildman–Crippen LogP) is 0.929. The molecule has 1 atom stereocenters. The molecule has 0 rings (SSSR count). The lowest BCUT2D eigenvalue weighted by Gasteiger charge is -2.17. The van der Waals surface area contributed by atoms with Crippen molar-refractivity contribution in [3.8, 4) is 0 Å². The minimum absolute atomic E-state index is 0.215. The minimum atomic E-state index is -0.361. The second kappa shape index (κ2) is 7.17. The highest BCUT2D eigenvalue weighted by atomic mass is 16.1. The zero-order valence-corrected chi connectivity index (χ0v) is 8.60. The van der Waals surface area contributed by atoms with Gasteiger partial charge in [0, 0.05) is 17.5 Å². The fraction of sp³-hybridized carbons (Fsp3) is 0.875. The van der Waals surface area contributed by atoms with Crippen LogP contribution in [0.1, 0.15) is 26.7 Å². The van der Waals surface area contributed by atoms with E-state index in [1.807, 2.05) is 13.8 Å². The molecule has 0 aliphatic heterocycles. The molecule has 80 valence electrons. The summed E-state index contributed by atoms with van der Waals surface area (Å²) >= 11 is 0. The average molecular weight is 199 g/mol. The topological polar surface area (TPSA) is 104 Å². The number of rotatable bonds is 7. The Hall–Kier alpha value is -1.26. The predicted molar refractivity (Wildman–Crippen MR) is 54.5 cm³/mol. The summed E-state index contributed by atoms with van der Waals surface area (Å²) in [5, 5.41) is 6.43. The molecule has 3 N–H and O–H groups in total. The van der Waals surface area contributed by atoms with Crippen molar-refractivity contribution in [3.05, 3.63) is 10.4 Å². The molecule has 0 aliphatic carbocycles. The molecule has 0 aromatic carbocycles. The summed E-state index contributed by atoms with van der Waals surface area (Å²) in [4.78, 5) is 13.6. The molecule has 14 heavy (non-hydrogen) atoms. The Balaban J connectivity index is 3.85. The highest BCUT2D eigenvalue weighted by molar-refractivity contribution is 5.79. The van der Waals surface area contributed by atoms with Crippen molar-refractivity contribution in [2.75, 3.05) is 6.54 Å². The molecule has 0 aromatic heterocycles. The average Bonchev–Trinajstić information content (AvgIpc) is 2.09. The Morgan fingerprint density at radius 3 is 2.71 bits per heavy atom. The molecule has 0 spiro atoms. The van der Waals surface area contributed by atoms with Gasteiger partial charge in [-0.1, -0.05) is 19.0 Å². The first-order valence-corrected chi connectivity index (χ1v) is 4.64. The van der Waals surface area contributed by atoms with E-state index in [2.05, 4.69) is 15.3 Å². The lowest BCUT2D eigenvalue weighted by molar-refractivity contribution is -0.120. The van der Waals surface area contributed by atoms with Gasteiger partial charge in [-0.05, 0) is 18.4 Å². The van der Waals surface area contributed by atoms with Crippen molar-refractivity contribution in [2.45, 2.75) is 38.8 Å². The van der Waals surface area contributed by atoms with E-state index in [-0.39, 0.29) is 18.0 Å². The van der Waals surface area contributed by atoms with Gasteiger partial charge in [-0.25, -0.2) is 0 Å². The second-order valence-electron chi connectivity index (χ2n) is 3.37. The van der Waals surface area contributed by atoms with Crippen LogP contribution in [-0.2, 0) is 4.79 Å². The molecule has 6 nitrogen and oxygen atoms in total. The summed E-state index contributed by atoms with van der Waals surface area (Å²) in [5.74, 6) is -0.361. The SMILES string of the molecule is CC(C)NC(CCCN=[N+]=[N-])C(N)=O.